The summed E-state index contributed by atoms with van der Waals surface area (Å²) >= 11 is 0. The zero-order valence-corrected chi connectivity index (χ0v) is 34.5. The van der Waals surface area contributed by atoms with Crippen molar-refractivity contribution in [2.45, 2.75) is 75.5 Å². The second-order valence-corrected chi connectivity index (χ2v) is 15.9. The molecule has 11 heteroatoms. The summed E-state index contributed by atoms with van der Waals surface area (Å²) in [6, 6.07) is 55.7. The first-order valence-electron chi connectivity index (χ1n) is 21.6. The summed E-state index contributed by atoms with van der Waals surface area (Å²) in [5.41, 5.74) is 5.04. The van der Waals surface area contributed by atoms with Gasteiger partial charge in [0.1, 0.15) is 106 Å². The monoisotopic (exact) mass is 832 g/mol. The van der Waals surface area contributed by atoms with Crippen LogP contribution < -0.4 is 23.7 Å². The van der Waals surface area contributed by atoms with E-state index in [4.69, 9.17) is 28.7 Å². The quantitative estimate of drug-likeness (QED) is 0.151. The topological polar surface area (TPSA) is 120 Å². The Kier molecular flexibility index (Phi) is 11.7. The highest BCUT2D eigenvalue weighted by atomic mass is 16.6. The van der Waals surface area contributed by atoms with Crippen molar-refractivity contribution in [1.82, 2.24) is 0 Å². The molecule has 4 aliphatic rings. The maximum absolute atomic E-state index is 7.19. The van der Waals surface area contributed by atoms with Crippen LogP contribution in [0.15, 0.2) is 176 Å². The van der Waals surface area contributed by atoms with Gasteiger partial charge in [-0.25, -0.2) is 0 Å². The van der Waals surface area contributed by atoms with Crippen LogP contribution in [0.5, 0.6) is 28.7 Å². The van der Waals surface area contributed by atoms with Crippen LogP contribution in [0.1, 0.15) is 44.1 Å². The van der Waals surface area contributed by atoms with Gasteiger partial charge in [-0.3, -0.25) is 0 Å². The predicted molar refractivity (Wildman–Crippen MR) is 243 cm³/mol. The molecule has 1 aliphatic carbocycles. The molecule has 10 rings (SSSR count). The van der Waals surface area contributed by atoms with Gasteiger partial charge in [0.15, 0.2) is 0 Å². The van der Waals surface area contributed by atoms with E-state index < -0.39 is 24.4 Å². The Balaban J connectivity index is 1.13. The highest BCUT2D eigenvalue weighted by Gasteiger charge is 2.37. The Labute approximate surface area is 365 Å². The smallest absolute Gasteiger partial charge is 0.146 e. The molecule has 312 valence electrons. The van der Waals surface area contributed by atoms with Gasteiger partial charge in [0.05, 0.1) is 5.69 Å². The maximum atomic E-state index is 7.19. The third kappa shape index (κ3) is 9.23. The summed E-state index contributed by atoms with van der Waals surface area (Å²) in [5, 5.41) is 0. The average molecular weight is 833 g/mol. The lowest BCUT2D eigenvalue weighted by molar-refractivity contribution is -0.00556. The van der Waals surface area contributed by atoms with E-state index in [0.29, 0.717) is 95.7 Å². The van der Waals surface area contributed by atoms with Crippen molar-refractivity contribution in [2.75, 3.05) is 0 Å². The van der Waals surface area contributed by atoms with Gasteiger partial charge in [0.2, 0.25) is 0 Å². The Bertz CT molecular complexity index is 2330. The summed E-state index contributed by atoms with van der Waals surface area (Å²) in [7, 11) is 0. The van der Waals surface area contributed by atoms with Gasteiger partial charge in [-0.05, 0) is 117 Å². The molecule has 0 saturated heterocycles. The van der Waals surface area contributed by atoms with Crippen molar-refractivity contribution in [1.29, 1.82) is 0 Å². The van der Waals surface area contributed by atoms with Crippen LogP contribution in [0.3, 0.4) is 0 Å². The standard InChI is InChI=1S/C52H44N6O5/c1-2-14-37-35(13-1)31-36-25-26-49-51(62-47-23-11-6-18-41(47)57-33-55-39-16-4-9-21-45(39)60-49)29-30-52-50(28-27-43(36)59-44-20-8-3-15-38(44)54-32-53-37)61-46-22-10-5-17-40(46)56-34-58-42-19-7-12-24-48(42)63-52/h1-24,36,43,49-52H,25-31H2. The first-order valence-corrected chi connectivity index (χ1v) is 21.6. The second kappa shape index (κ2) is 18.6. The number of rotatable bonds is 0. The third-order valence-electron chi connectivity index (χ3n) is 11.9. The molecule has 0 N–H and O–H groups in total. The third-order valence-corrected chi connectivity index (χ3v) is 11.9. The van der Waals surface area contributed by atoms with E-state index in [1.165, 1.54) is 0 Å². The predicted octanol–water partition coefficient (Wildman–Crippen LogP) is 12.8. The van der Waals surface area contributed by atoms with Crippen molar-refractivity contribution in [3.63, 3.8) is 0 Å². The van der Waals surface area contributed by atoms with Crippen molar-refractivity contribution in [2.24, 2.45) is 35.9 Å². The molecule has 6 unspecified atom stereocenters. The van der Waals surface area contributed by atoms with E-state index in [1.807, 2.05) is 133 Å². The molecule has 6 aromatic carbocycles. The average Bonchev–Trinajstić information content (AvgIpc) is 3.38. The summed E-state index contributed by atoms with van der Waals surface area (Å²) in [4.78, 5) is 27.9. The fourth-order valence-corrected chi connectivity index (χ4v) is 8.66. The number of hydrogen-bond donors (Lipinski definition) is 0. The van der Waals surface area contributed by atoms with Crippen LogP contribution >= 0.6 is 0 Å². The van der Waals surface area contributed by atoms with E-state index in [9.17, 15) is 0 Å². The Hall–Kier alpha value is -7.54. The minimum Gasteiger partial charge on any atom is -0.488 e. The zero-order valence-electron chi connectivity index (χ0n) is 34.5. The molecule has 0 bridgehead atoms. The maximum Gasteiger partial charge on any atom is 0.146 e. The van der Waals surface area contributed by atoms with Crippen LogP contribution in [0.25, 0.3) is 0 Å². The lowest BCUT2D eigenvalue weighted by Gasteiger charge is -2.36. The summed E-state index contributed by atoms with van der Waals surface area (Å²) < 4.78 is 35.6. The molecule has 0 amide bonds. The lowest BCUT2D eigenvalue weighted by atomic mass is 9.83. The van der Waals surface area contributed by atoms with Crippen molar-refractivity contribution in [3.05, 3.63) is 151 Å². The highest BCUT2D eigenvalue weighted by molar-refractivity contribution is 5.67. The van der Waals surface area contributed by atoms with Gasteiger partial charge in [0, 0.05) is 5.92 Å². The van der Waals surface area contributed by atoms with E-state index in [2.05, 4.69) is 55.1 Å². The summed E-state index contributed by atoms with van der Waals surface area (Å²) in [5.74, 6) is 3.08. The Morgan fingerprint density at radius 1 is 0.302 bits per heavy atom. The van der Waals surface area contributed by atoms with Gasteiger partial charge in [-0.15, -0.1) is 0 Å². The van der Waals surface area contributed by atoms with Crippen molar-refractivity contribution < 1.29 is 23.7 Å². The van der Waals surface area contributed by atoms with Crippen molar-refractivity contribution >= 4 is 52.1 Å². The fraction of sp³-hybridized carbons (Fsp3) is 0.250. The van der Waals surface area contributed by atoms with Gasteiger partial charge < -0.3 is 23.7 Å². The summed E-state index contributed by atoms with van der Waals surface area (Å²) in [6.45, 7) is 0. The molecule has 63 heavy (non-hydrogen) atoms. The first kappa shape index (κ1) is 39.6. The van der Waals surface area contributed by atoms with Crippen molar-refractivity contribution in [3.8, 4) is 28.7 Å². The molecule has 1 saturated carbocycles. The van der Waals surface area contributed by atoms with E-state index in [0.717, 1.165) is 17.7 Å². The number of aliphatic imine (C=N–C) groups is 6. The zero-order chi connectivity index (χ0) is 42.2. The molecule has 0 aromatic heterocycles. The Morgan fingerprint density at radius 2 is 0.571 bits per heavy atom. The minimum absolute atomic E-state index is 0.0219. The van der Waals surface area contributed by atoms with E-state index in [1.54, 1.807) is 0 Å². The number of hydrogen-bond acceptors (Lipinski definition) is 11. The lowest BCUT2D eigenvalue weighted by Crippen LogP contribution is -2.43. The van der Waals surface area contributed by atoms with Gasteiger partial charge in [0.25, 0.3) is 0 Å². The van der Waals surface area contributed by atoms with Gasteiger partial charge in [-0.2, -0.15) is 30.0 Å². The van der Waals surface area contributed by atoms with Crippen LogP contribution in [-0.4, -0.2) is 48.5 Å². The Morgan fingerprint density at radius 3 is 0.952 bits per heavy atom. The second-order valence-electron chi connectivity index (χ2n) is 15.9. The fourth-order valence-electron chi connectivity index (χ4n) is 8.66. The molecule has 0 spiro atoms. The van der Waals surface area contributed by atoms with Gasteiger partial charge >= 0.3 is 0 Å². The normalized spacial score (nSPS) is 22.6. The summed E-state index contributed by atoms with van der Waals surface area (Å²) in [6.07, 6.45) is 2.19. The van der Waals surface area contributed by atoms with E-state index >= 15 is 0 Å². The molecule has 3 heterocycles. The van der Waals surface area contributed by atoms with Crippen LogP contribution in [0.2, 0.25) is 0 Å². The van der Waals surface area contributed by atoms with E-state index in [-0.39, 0.29) is 12.0 Å². The number of para-hydroxylation sites is 11. The van der Waals surface area contributed by atoms with Crippen LogP contribution in [-0.2, 0) is 6.42 Å². The molecular formula is C52H44N6O5. The molecule has 11 nitrogen and oxygen atoms in total. The molecule has 1 fully saturated rings. The number of nitrogens with zero attached hydrogens (tertiary/aromatic N) is 6. The first-order chi connectivity index (χ1) is 31.2. The van der Waals surface area contributed by atoms with Crippen LogP contribution in [0.4, 0.5) is 34.1 Å². The molecular weight excluding hydrogens is 789 g/mol. The molecule has 0 radical (unpaired) electrons. The highest BCUT2D eigenvalue weighted by Crippen LogP contribution is 2.41. The molecule has 3 aliphatic heterocycles. The minimum atomic E-state index is -0.481. The number of fused-ring (bicyclic) bond motifs is 9. The van der Waals surface area contributed by atoms with Crippen LogP contribution in [0, 0.1) is 5.92 Å². The van der Waals surface area contributed by atoms with Gasteiger partial charge in [-0.1, -0.05) is 78.9 Å². The molecule has 6 aromatic rings. The SMILES string of the molecule is C1=Nc2ccccc2CC2CCC3Oc4ccccc4N=C=Nc4ccccc4OC3CCC3Oc4ccccc4N=C=Nc4ccccc4OC3CCC2Oc2ccccc2N=1. The molecule has 6 atom stereocenters. The number of benzene rings is 6. The number of ether oxygens (including phenoxy) is 5. The largest absolute Gasteiger partial charge is 0.488 e.